The second kappa shape index (κ2) is 8.73. The van der Waals surface area contributed by atoms with Gasteiger partial charge in [0.1, 0.15) is 0 Å². The summed E-state index contributed by atoms with van der Waals surface area (Å²) in [6, 6.07) is 9.75. The quantitative estimate of drug-likeness (QED) is 0.656. The Balaban J connectivity index is 1.73. The van der Waals surface area contributed by atoms with E-state index in [9.17, 15) is 4.79 Å². The molecule has 1 aliphatic rings. The Kier molecular flexibility index (Phi) is 6.38. The normalized spacial score (nSPS) is 15.1. The number of benzene rings is 1. The van der Waals surface area contributed by atoms with Crippen LogP contribution in [0.3, 0.4) is 0 Å². The number of ether oxygens (including phenoxy) is 2. The van der Waals surface area contributed by atoms with Gasteiger partial charge in [0, 0.05) is 17.4 Å². The van der Waals surface area contributed by atoms with Gasteiger partial charge >= 0.3 is 0 Å². The summed E-state index contributed by atoms with van der Waals surface area (Å²) in [7, 11) is 0. The summed E-state index contributed by atoms with van der Waals surface area (Å²) in [6.07, 6.45) is 4.28. The maximum absolute atomic E-state index is 12.4. The molecular weight excluding hydrogens is 414 g/mol. The van der Waals surface area contributed by atoms with Crippen molar-refractivity contribution in [1.82, 2.24) is 5.32 Å². The number of hydrogen-bond donors (Lipinski definition) is 1. The first-order valence-corrected chi connectivity index (χ1v) is 10.3. The molecule has 1 atom stereocenters. The molecule has 3 rings (SSSR count). The van der Waals surface area contributed by atoms with E-state index in [0.29, 0.717) is 13.2 Å². The maximum atomic E-state index is 12.4. The van der Waals surface area contributed by atoms with Crippen LogP contribution in [-0.4, -0.2) is 19.1 Å². The minimum absolute atomic E-state index is 0.0978. The molecule has 6 heteroatoms. The van der Waals surface area contributed by atoms with Gasteiger partial charge in [-0.25, -0.2) is 0 Å². The van der Waals surface area contributed by atoms with Gasteiger partial charge in [0.2, 0.25) is 5.91 Å². The maximum Gasteiger partial charge on any atom is 0.244 e. The van der Waals surface area contributed by atoms with Gasteiger partial charge in [0.15, 0.2) is 11.5 Å². The highest BCUT2D eigenvalue weighted by Gasteiger charge is 2.20. The Bertz CT molecular complexity index is 800. The van der Waals surface area contributed by atoms with Gasteiger partial charge in [-0.05, 0) is 57.8 Å². The van der Waals surface area contributed by atoms with Crippen molar-refractivity contribution < 1.29 is 14.3 Å². The van der Waals surface area contributed by atoms with Gasteiger partial charge < -0.3 is 14.8 Å². The van der Waals surface area contributed by atoms with Crippen molar-refractivity contribution in [2.24, 2.45) is 5.92 Å². The van der Waals surface area contributed by atoms with E-state index in [4.69, 9.17) is 9.47 Å². The molecule has 0 radical (unpaired) electrons. The summed E-state index contributed by atoms with van der Waals surface area (Å²) >= 11 is 5.01. The third kappa shape index (κ3) is 4.89. The van der Waals surface area contributed by atoms with E-state index in [1.165, 1.54) is 0 Å². The van der Waals surface area contributed by atoms with Crippen molar-refractivity contribution in [2.45, 2.75) is 26.3 Å². The molecule has 1 amide bonds. The Labute approximate surface area is 166 Å². The van der Waals surface area contributed by atoms with Crippen molar-refractivity contribution in [1.29, 1.82) is 0 Å². The van der Waals surface area contributed by atoms with Crippen LogP contribution in [0.4, 0.5) is 0 Å². The summed E-state index contributed by atoms with van der Waals surface area (Å²) in [5.41, 5.74) is 1.02. The molecule has 0 saturated heterocycles. The molecular formula is C20H22BrNO3S. The van der Waals surface area contributed by atoms with Crippen LogP contribution >= 0.6 is 27.3 Å². The number of carbonyl (C=O) groups excluding carboxylic acids is 1. The van der Waals surface area contributed by atoms with Crippen LogP contribution < -0.4 is 14.8 Å². The predicted octanol–water partition coefficient (Wildman–Crippen LogP) is 5.20. The van der Waals surface area contributed by atoms with Crippen LogP contribution in [0.25, 0.3) is 6.08 Å². The lowest BCUT2D eigenvalue weighted by Gasteiger charge is -2.23. The van der Waals surface area contributed by atoms with Gasteiger partial charge in [-0.1, -0.05) is 19.9 Å². The van der Waals surface area contributed by atoms with Crippen molar-refractivity contribution in [2.75, 3.05) is 13.2 Å². The van der Waals surface area contributed by atoms with Gasteiger partial charge in [-0.2, -0.15) is 0 Å². The number of halogens is 1. The molecule has 138 valence electrons. The topological polar surface area (TPSA) is 47.6 Å². The molecule has 26 heavy (non-hydrogen) atoms. The molecule has 0 aliphatic carbocycles. The average molecular weight is 436 g/mol. The lowest BCUT2D eigenvalue weighted by molar-refractivity contribution is -0.117. The van der Waals surface area contributed by atoms with Crippen molar-refractivity contribution in [3.05, 3.63) is 50.6 Å². The Morgan fingerprint density at radius 1 is 1.19 bits per heavy atom. The number of thiophene rings is 1. The predicted molar refractivity (Wildman–Crippen MR) is 109 cm³/mol. The molecule has 0 spiro atoms. The third-order valence-electron chi connectivity index (χ3n) is 4.09. The molecule has 1 N–H and O–H groups in total. The molecule has 0 fully saturated rings. The van der Waals surface area contributed by atoms with Crippen LogP contribution in [0.2, 0.25) is 0 Å². The SMILES string of the molecule is CC(C)C(NC(=O)/C=C/c1ccc(Br)s1)c1ccc2c(c1)OCCCO2. The first-order chi connectivity index (χ1) is 12.5. The number of nitrogens with one attached hydrogen (secondary N) is 1. The fraction of sp³-hybridized carbons (Fsp3) is 0.350. The monoisotopic (exact) mass is 435 g/mol. The number of amides is 1. The minimum Gasteiger partial charge on any atom is -0.490 e. The van der Waals surface area contributed by atoms with E-state index in [1.807, 2.05) is 36.4 Å². The lowest BCUT2D eigenvalue weighted by atomic mass is 9.95. The molecule has 1 aromatic carbocycles. The summed E-state index contributed by atoms with van der Waals surface area (Å²) in [4.78, 5) is 13.4. The number of hydrogen-bond acceptors (Lipinski definition) is 4. The number of fused-ring (bicyclic) bond motifs is 1. The van der Waals surface area contributed by atoms with Gasteiger partial charge in [0.05, 0.1) is 23.0 Å². The number of rotatable bonds is 5. The minimum atomic E-state index is -0.111. The first-order valence-electron chi connectivity index (χ1n) is 8.66. The zero-order chi connectivity index (χ0) is 18.5. The Hall–Kier alpha value is -1.79. The van der Waals surface area contributed by atoms with E-state index in [2.05, 4.69) is 35.1 Å². The van der Waals surface area contributed by atoms with E-state index in [0.717, 1.165) is 32.1 Å². The van der Waals surface area contributed by atoms with Crippen LogP contribution in [0, 0.1) is 5.92 Å². The molecule has 0 saturated carbocycles. The van der Waals surface area contributed by atoms with Gasteiger partial charge in [-0.15, -0.1) is 11.3 Å². The average Bonchev–Trinajstić information content (AvgIpc) is 2.89. The molecule has 2 aromatic rings. The molecule has 1 aliphatic heterocycles. The molecule has 4 nitrogen and oxygen atoms in total. The highest BCUT2D eigenvalue weighted by atomic mass is 79.9. The largest absolute Gasteiger partial charge is 0.490 e. The lowest BCUT2D eigenvalue weighted by Crippen LogP contribution is -2.30. The van der Waals surface area contributed by atoms with Crippen molar-refractivity contribution >= 4 is 39.2 Å². The van der Waals surface area contributed by atoms with Gasteiger partial charge in [0.25, 0.3) is 0 Å². The van der Waals surface area contributed by atoms with E-state index < -0.39 is 0 Å². The Morgan fingerprint density at radius 2 is 1.96 bits per heavy atom. The molecule has 0 bridgehead atoms. The Morgan fingerprint density at radius 3 is 2.65 bits per heavy atom. The van der Waals surface area contributed by atoms with Crippen LogP contribution in [0.15, 0.2) is 40.2 Å². The molecule has 1 unspecified atom stereocenters. The van der Waals surface area contributed by atoms with E-state index in [1.54, 1.807) is 17.4 Å². The fourth-order valence-corrected chi connectivity index (χ4v) is 4.11. The summed E-state index contributed by atoms with van der Waals surface area (Å²) < 4.78 is 12.5. The second-order valence-electron chi connectivity index (χ2n) is 6.46. The summed E-state index contributed by atoms with van der Waals surface area (Å²) in [5, 5.41) is 3.10. The van der Waals surface area contributed by atoms with Crippen molar-refractivity contribution in [3.63, 3.8) is 0 Å². The zero-order valence-electron chi connectivity index (χ0n) is 14.8. The standard InChI is InChI=1S/C20H22BrNO3S/c1-13(2)20(22-19(23)9-6-15-5-8-18(21)26-15)14-4-7-16-17(12-14)25-11-3-10-24-16/h4-9,12-13,20H,3,10-11H2,1-2H3,(H,22,23)/b9-6+. The van der Waals surface area contributed by atoms with Crippen LogP contribution in [-0.2, 0) is 4.79 Å². The van der Waals surface area contributed by atoms with Crippen molar-refractivity contribution in [3.8, 4) is 11.5 Å². The fourth-order valence-electron chi connectivity index (χ4n) is 2.79. The van der Waals surface area contributed by atoms with E-state index >= 15 is 0 Å². The third-order valence-corrected chi connectivity index (χ3v) is 5.68. The van der Waals surface area contributed by atoms with E-state index in [-0.39, 0.29) is 17.9 Å². The highest BCUT2D eigenvalue weighted by Crippen LogP contribution is 2.34. The number of carbonyl (C=O) groups is 1. The van der Waals surface area contributed by atoms with Crippen LogP contribution in [0.1, 0.15) is 36.8 Å². The smallest absolute Gasteiger partial charge is 0.244 e. The van der Waals surface area contributed by atoms with Crippen LogP contribution in [0.5, 0.6) is 11.5 Å². The molecule has 2 heterocycles. The summed E-state index contributed by atoms with van der Waals surface area (Å²) in [5.74, 6) is 1.65. The zero-order valence-corrected chi connectivity index (χ0v) is 17.2. The second-order valence-corrected chi connectivity index (χ2v) is 8.96. The molecule has 1 aromatic heterocycles. The highest BCUT2D eigenvalue weighted by molar-refractivity contribution is 9.11. The van der Waals surface area contributed by atoms with Gasteiger partial charge in [-0.3, -0.25) is 4.79 Å². The first kappa shape index (κ1) is 19.0. The summed E-state index contributed by atoms with van der Waals surface area (Å²) in [6.45, 7) is 5.50.